The zero-order chi connectivity index (χ0) is 13.0. The van der Waals surface area contributed by atoms with Crippen molar-refractivity contribution < 1.29 is 4.74 Å². The monoisotopic (exact) mass is 254 g/mol. The van der Waals surface area contributed by atoms with E-state index in [1.165, 1.54) is 0 Å². The van der Waals surface area contributed by atoms with Crippen LogP contribution in [0.2, 0.25) is 0 Å². The molecule has 0 spiro atoms. The fourth-order valence-electron chi connectivity index (χ4n) is 1.39. The van der Waals surface area contributed by atoms with E-state index in [4.69, 9.17) is 22.7 Å². The van der Waals surface area contributed by atoms with Gasteiger partial charge in [-0.3, -0.25) is 0 Å². The molecule has 0 radical (unpaired) electrons. The lowest BCUT2D eigenvalue weighted by molar-refractivity contribution is 0.183. The van der Waals surface area contributed by atoms with Gasteiger partial charge in [-0.1, -0.05) is 12.2 Å². The van der Waals surface area contributed by atoms with Gasteiger partial charge in [0, 0.05) is 19.9 Å². The minimum Gasteiger partial charge on any atom is -0.388 e. The van der Waals surface area contributed by atoms with Crippen molar-refractivity contribution in [2.24, 2.45) is 5.73 Å². The van der Waals surface area contributed by atoms with E-state index in [-0.39, 0.29) is 11.0 Å². The molecular formula is C11H18N4OS. The highest BCUT2D eigenvalue weighted by Gasteiger charge is 2.14. The Labute approximate surface area is 107 Å². The van der Waals surface area contributed by atoms with Gasteiger partial charge >= 0.3 is 0 Å². The first-order valence-corrected chi connectivity index (χ1v) is 5.73. The van der Waals surface area contributed by atoms with E-state index in [9.17, 15) is 0 Å². The van der Waals surface area contributed by atoms with Gasteiger partial charge in [0.15, 0.2) is 0 Å². The van der Waals surface area contributed by atoms with Crippen LogP contribution in [0.1, 0.15) is 18.3 Å². The maximum absolute atomic E-state index is 5.58. The Bertz CT molecular complexity index is 410. The van der Waals surface area contributed by atoms with Gasteiger partial charge in [-0.15, -0.1) is 0 Å². The molecule has 0 aliphatic carbocycles. The Morgan fingerprint density at radius 2 is 2.24 bits per heavy atom. The van der Waals surface area contributed by atoms with Crippen LogP contribution < -0.4 is 10.6 Å². The average molecular weight is 254 g/mol. The number of thiocarbonyl (C=S) groups is 1. The number of rotatable bonds is 5. The molecule has 1 unspecified atom stereocenters. The number of hydrogen-bond acceptors (Lipinski definition) is 5. The van der Waals surface area contributed by atoms with Crippen molar-refractivity contribution in [1.29, 1.82) is 0 Å². The van der Waals surface area contributed by atoms with Gasteiger partial charge in [-0.05, 0) is 19.9 Å². The summed E-state index contributed by atoms with van der Waals surface area (Å²) in [5.74, 6) is 0.609. The molecule has 0 saturated heterocycles. The van der Waals surface area contributed by atoms with Gasteiger partial charge in [0.05, 0.1) is 12.6 Å². The first kappa shape index (κ1) is 13.8. The van der Waals surface area contributed by atoms with Gasteiger partial charge < -0.3 is 15.4 Å². The van der Waals surface area contributed by atoms with Crippen LogP contribution in [0.5, 0.6) is 0 Å². The van der Waals surface area contributed by atoms with Crippen LogP contribution >= 0.6 is 12.2 Å². The number of aromatic nitrogens is 2. The molecule has 5 nitrogen and oxygen atoms in total. The van der Waals surface area contributed by atoms with Gasteiger partial charge in [0.1, 0.15) is 10.7 Å². The smallest absolute Gasteiger partial charge is 0.226 e. The van der Waals surface area contributed by atoms with Crippen molar-refractivity contribution >= 4 is 23.2 Å². The van der Waals surface area contributed by atoms with Crippen LogP contribution in [0.25, 0.3) is 0 Å². The molecular weight excluding hydrogens is 236 g/mol. The molecule has 1 heterocycles. The predicted molar refractivity (Wildman–Crippen MR) is 72.4 cm³/mol. The van der Waals surface area contributed by atoms with E-state index in [1.807, 2.05) is 25.8 Å². The number of methoxy groups -OCH3 is 1. The molecule has 6 heteroatoms. The van der Waals surface area contributed by atoms with Crippen LogP contribution in [-0.4, -0.2) is 41.8 Å². The van der Waals surface area contributed by atoms with E-state index in [1.54, 1.807) is 13.2 Å². The summed E-state index contributed by atoms with van der Waals surface area (Å²) >= 11 is 4.93. The number of likely N-dealkylation sites (N-methyl/N-ethyl adjacent to an activating group) is 1. The van der Waals surface area contributed by atoms with Gasteiger partial charge in [0.2, 0.25) is 5.95 Å². The molecule has 94 valence electrons. The fourth-order valence-corrected chi connectivity index (χ4v) is 1.49. The van der Waals surface area contributed by atoms with Crippen molar-refractivity contribution in [3.05, 3.63) is 17.5 Å². The van der Waals surface area contributed by atoms with Crippen LogP contribution in [-0.2, 0) is 4.74 Å². The minimum absolute atomic E-state index is 0.181. The van der Waals surface area contributed by atoms with Crippen molar-refractivity contribution in [1.82, 2.24) is 9.97 Å². The standard InChI is InChI=1S/C11H18N4OS/c1-7-5-9(10(12)17)14-11(13-7)15(3)8(2)6-16-4/h5,8H,6H2,1-4H3,(H2,12,17). The lowest BCUT2D eigenvalue weighted by Crippen LogP contribution is -2.34. The molecule has 0 aliphatic heterocycles. The number of anilines is 1. The Kier molecular flexibility index (Phi) is 4.77. The van der Waals surface area contributed by atoms with E-state index in [0.717, 1.165) is 5.69 Å². The third kappa shape index (κ3) is 3.61. The average Bonchev–Trinajstić information content (AvgIpc) is 2.27. The molecule has 1 aromatic rings. The SMILES string of the molecule is COCC(C)N(C)c1nc(C)cc(C(N)=S)n1. The quantitative estimate of drug-likeness (QED) is 0.787. The van der Waals surface area contributed by atoms with Crippen molar-refractivity contribution in [3.63, 3.8) is 0 Å². The zero-order valence-corrected chi connectivity index (χ0v) is 11.4. The Morgan fingerprint density at radius 1 is 1.59 bits per heavy atom. The maximum atomic E-state index is 5.58. The lowest BCUT2D eigenvalue weighted by Gasteiger charge is -2.24. The summed E-state index contributed by atoms with van der Waals surface area (Å²) in [7, 11) is 3.59. The Balaban J connectivity index is 3.01. The third-order valence-corrected chi connectivity index (χ3v) is 2.69. The number of aryl methyl sites for hydroxylation is 1. The molecule has 0 bridgehead atoms. The highest BCUT2D eigenvalue weighted by molar-refractivity contribution is 7.80. The number of nitrogens with zero attached hydrogens (tertiary/aromatic N) is 3. The Morgan fingerprint density at radius 3 is 2.76 bits per heavy atom. The topological polar surface area (TPSA) is 64.3 Å². The maximum Gasteiger partial charge on any atom is 0.226 e. The molecule has 0 saturated carbocycles. The summed E-state index contributed by atoms with van der Waals surface area (Å²) < 4.78 is 5.11. The normalized spacial score (nSPS) is 12.2. The summed E-state index contributed by atoms with van der Waals surface area (Å²) in [6, 6.07) is 1.96. The van der Waals surface area contributed by atoms with Crippen LogP contribution in [0.15, 0.2) is 6.07 Å². The van der Waals surface area contributed by atoms with Crippen molar-refractivity contribution in [2.45, 2.75) is 19.9 Å². The lowest BCUT2D eigenvalue weighted by atomic mass is 10.3. The number of ether oxygens (including phenoxy) is 1. The molecule has 0 fully saturated rings. The van der Waals surface area contributed by atoms with Gasteiger partial charge in [-0.2, -0.15) is 0 Å². The zero-order valence-electron chi connectivity index (χ0n) is 10.6. The Hall–Kier alpha value is -1.27. The predicted octanol–water partition coefficient (Wildman–Crippen LogP) is 0.890. The molecule has 1 rings (SSSR count). The third-order valence-electron chi connectivity index (χ3n) is 2.48. The number of nitrogens with two attached hydrogens (primary N) is 1. The van der Waals surface area contributed by atoms with Crippen molar-refractivity contribution in [2.75, 3.05) is 25.7 Å². The fraction of sp³-hybridized carbons (Fsp3) is 0.545. The second kappa shape index (κ2) is 5.88. The first-order chi connectivity index (χ1) is 7.95. The molecule has 17 heavy (non-hydrogen) atoms. The number of hydrogen-bond donors (Lipinski definition) is 1. The van der Waals surface area contributed by atoms with E-state index >= 15 is 0 Å². The highest BCUT2D eigenvalue weighted by atomic mass is 32.1. The minimum atomic E-state index is 0.181. The van der Waals surface area contributed by atoms with Crippen LogP contribution in [0, 0.1) is 6.92 Å². The molecule has 0 aliphatic rings. The summed E-state index contributed by atoms with van der Waals surface area (Å²) in [5, 5.41) is 0. The summed E-state index contributed by atoms with van der Waals surface area (Å²) in [6.07, 6.45) is 0. The van der Waals surface area contributed by atoms with Crippen LogP contribution in [0.3, 0.4) is 0 Å². The van der Waals surface area contributed by atoms with Gasteiger partial charge in [-0.25, -0.2) is 9.97 Å². The molecule has 0 aromatic carbocycles. The second-order valence-electron chi connectivity index (χ2n) is 3.97. The summed E-state index contributed by atoms with van der Waals surface area (Å²) in [4.78, 5) is 10.9. The summed E-state index contributed by atoms with van der Waals surface area (Å²) in [5.41, 5.74) is 7.02. The second-order valence-corrected chi connectivity index (χ2v) is 4.41. The van der Waals surface area contributed by atoms with E-state index < -0.39 is 0 Å². The van der Waals surface area contributed by atoms with E-state index in [0.29, 0.717) is 18.2 Å². The largest absolute Gasteiger partial charge is 0.388 e. The van der Waals surface area contributed by atoms with Gasteiger partial charge in [0.25, 0.3) is 0 Å². The summed E-state index contributed by atoms with van der Waals surface area (Å²) in [6.45, 7) is 4.54. The first-order valence-electron chi connectivity index (χ1n) is 5.33. The molecule has 1 aromatic heterocycles. The highest BCUT2D eigenvalue weighted by Crippen LogP contribution is 2.11. The molecule has 2 N–H and O–H groups in total. The van der Waals surface area contributed by atoms with E-state index in [2.05, 4.69) is 9.97 Å². The van der Waals surface area contributed by atoms with Crippen molar-refractivity contribution in [3.8, 4) is 0 Å². The molecule has 0 amide bonds. The molecule has 1 atom stereocenters. The van der Waals surface area contributed by atoms with Crippen LogP contribution in [0.4, 0.5) is 5.95 Å².